The first kappa shape index (κ1) is 32.0. The van der Waals surface area contributed by atoms with E-state index in [9.17, 15) is 9.59 Å². The van der Waals surface area contributed by atoms with Gasteiger partial charge >= 0.3 is 0 Å². The van der Waals surface area contributed by atoms with Crippen molar-refractivity contribution in [2.24, 2.45) is 0 Å². The zero-order valence-electron chi connectivity index (χ0n) is 27.5. The van der Waals surface area contributed by atoms with Crippen molar-refractivity contribution in [1.82, 2.24) is 15.3 Å². The number of pyridine rings is 2. The number of H-pyrrole nitrogens is 1. The number of carbonyl (C=O) groups excluding carboxylic acids is 1. The molecule has 2 N–H and O–H groups in total. The smallest absolute Gasteiger partial charge is 0.253 e. The third-order valence-corrected chi connectivity index (χ3v) is 9.79. The summed E-state index contributed by atoms with van der Waals surface area (Å²) in [6.45, 7) is 11.9. The van der Waals surface area contributed by atoms with Gasteiger partial charge in [-0.25, -0.2) is 4.98 Å². The van der Waals surface area contributed by atoms with Crippen LogP contribution >= 0.6 is 0 Å². The predicted molar refractivity (Wildman–Crippen MR) is 184 cm³/mol. The van der Waals surface area contributed by atoms with E-state index in [1.807, 2.05) is 26.1 Å². The van der Waals surface area contributed by atoms with Crippen molar-refractivity contribution in [3.63, 3.8) is 0 Å². The molecule has 3 aromatic rings. The average molecular weight is 626 g/mol. The van der Waals surface area contributed by atoms with Crippen LogP contribution < -0.4 is 20.7 Å². The van der Waals surface area contributed by atoms with E-state index in [0.29, 0.717) is 17.2 Å². The standard InChI is InChI=1S/C37H47N5O4/c1-4-42(29-13-17-45-18-14-29)34-22-28(10-9-27-11-12-35(38-23-27)41-15-19-46-20-16-41)21-32(25(34)2)36(43)39-24-33-31-8-6-5-7-30(31)26(3)40-37(33)44/h9-12,21-23,29H,4-8,13-20,24H2,1-3H3,(H,39,43)(H,40,44)/b10-9+. The van der Waals surface area contributed by atoms with E-state index in [2.05, 4.69) is 57.4 Å². The Hall–Kier alpha value is -3.95. The number of amides is 1. The number of hydrogen-bond acceptors (Lipinski definition) is 7. The van der Waals surface area contributed by atoms with Crippen molar-refractivity contribution in [1.29, 1.82) is 0 Å². The van der Waals surface area contributed by atoms with E-state index in [-0.39, 0.29) is 18.0 Å². The Balaban J connectivity index is 1.29. The molecule has 1 amide bonds. The van der Waals surface area contributed by atoms with Crippen LogP contribution in [0.15, 0.2) is 35.3 Å². The normalized spacial score (nSPS) is 17.2. The SMILES string of the molecule is CCN(c1cc(/C=C/c2ccc(N3CCOCC3)nc2)cc(C(=O)NCc2c3c(c(C)[nH]c2=O)CCCC3)c1C)C1CCOCC1. The first-order chi connectivity index (χ1) is 22.4. The summed E-state index contributed by atoms with van der Waals surface area (Å²) >= 11 is 0. The highest BCUT2D eigenvalue weighted by molar-refractivity contribution is 5.98. The van der Waals surface area contributed by atoms with E-state index in [4.69, 9.17) is 14.5 Å². The summed E-state index contributed by atoms with van der Waals surface area (Å²) in [5, 5.41) is 3.12. The second-order valence-corrected chi connectivity index (χ2v) is 12.6. The number of hydrogen-bond donors (Lipinski definition) is 2. The minimum atomic E-state index is -0.168. The average Bonchev–Trinajstić information content (AvgIpc) is 3.09. The fourth-order valence-corrected chi connectivity index (χ4v) is 7.20. The number of carbonyl (C=O) groups is 1. The summed E-state index contributed by atoms with van der Waals surface area (Å²) in [6, 6.07) is 8.64. The van der Waals surface area contributed by atoms with Crippen molar-refractivity contribution in [3.05, 3.63) is 85.5 Å². The number of anilines is 2. The maximum absolute atomic E-state index is 13.9. The van der Waals surface area contributed by atoms with Crippen LogP contribution in [0.25, 0.3) is 12.2 Å². The summed E-state index contributed by atoms with van der Waals surface area (Å²) < 4.78 is 11.1. The second-order valence-electron chi connectivity index (χ2n) is 12.6. The summed E-state index contributed by atoms with van der Waals surface area (Å²) in [6.07, 6.45) is 12.0. The fourth-order valence-electron chi connectivity index (χ4n) is 7.20. The van der Waals surface area contributed by atoms with Gasteiger partial charge in [0.2, 0.25) is 0 Å². The number of nitrogens with zero attached hydrogens (tertiary/aromatic N) is 3. The molecular formula is C37H47N5O4. The predicted octanol–water partition coefficient (Wildman–Crippen LogP) is 5.21. The van der Waals surface area contributed by atoms with E-state index in [0.717, 1.165) is 124 Å². The van der Waals surface area contributed by atoms with E-state index < -0.39 is 0 Å². The molecule has 2 saturated heterocycles. The Morgan fingerprint density at radius 3 is 2.46 bits per heavy atom. The number of aromatic nitrogens is 2. The molecule has 46 heavy (non-hydrogen) atoms. The zero-order valence-corrected chi connectivity index (χ0v) is 27.5. The number of benzene rings is 1. The molecule has 9 nitrogen and oxygen atoms in total. The Morgan fingerprint density at radius 2 is 1.74 bits per heavy atom. The number of aromatic amines is 1. The third-order valence-electron chi connectivity index (χ3n) is 9.79. The van der Waals surface area contributed by atoms with Crippen LogP contribution in [0, 0.1) is 13.8 Å². The van der Waals surface area contributed by atoms with Gasteiger partial charge in [-0.05, 0) is 111 Å². The molecule has 0 saturated carbocycles. The van der Waals surface area contributed by atoms with Gasteiger partial charge in [0.25, 0.3) is 11.5 Å². The lowest BCUT2D eigenvalue weighted by Crippen LogP contribution is -2.40. The van der Waals surface area contributed by atoms with Crippen molar-refractivity contribution in [3.8, 4) is 0 Å². The topological polar surface area (TPSA) is 99.8 Å². The molecule has 6 rings (SSSR count). The largest absolute Gasteiger partial charge is 0.381 e. The number of aryl methyl sites for hydroxylation is 1. The molecule has 2 aromatic heterocycles. The molecule has 1 aromatic carbocycles. The van der Waals surface area contributed by atoms with Crippen LogP contribution in [0.5, 0.6) is 0 Å². The van der Waals surface area contributed by atoms with Gasteiger partial charge in [0, 0.05) is 74.1 Å². The van der Waals surface area contributed by atoms with Gasteiger partial charge in [-0.1, -0.05) is 12.2 Å². The Kier molecular flexibility index (Phi) is 10.2. The number of morpholine rings is 1. The fraction of sp³-hybridized carbons (Fsp3) is 0.486. The van der Waals surface area contributed by atoms with E-state index >= 15 is 0 Å². The van der Waals surface area contributed by atoms with Gasteiger partial charge in [0.05, 0.1) is 13.2 Å². The lowest BCUT2D eigenvalue weighted by Gasteiger charge is -2.36. The first-order valence-electron chi connectivity index (χ1n) is 16.9. The zero-order chi connectivity index (χ0) is 32.0. The molecule has 2 aliphatic heterocycles. The molecule has 0 bridgehead atoms. The quantitative estimate of drug-likeness (QED) is 0.337. The summed E-state index contributed by atoms with van der Waals surface area (Å²) in [4.78, 5) is 39.3. The highest BCUT2D eigenvalue weighted by Crippen LogP contribution is 2.31. The highest BCUT2D eigenvalue weighted by atomic mass is 16.5. The molecule has 3 aliphatic rings. The van der Waals surface area contributed by atoms with Gasteiger partial charge in [-0.2, -0.15) is 0 Å². The Labute approximate surface area is 272 Å². The molecular weight excluding hydrogens is 578 g/mol. The molecule has 0 unspecified atom stereocenters. The molecule has 0 spiro atoms. The number of nitrogens with one attached hydrogen (secondary N) is 2. The second kappa shape index (κ2) is 14.6. The molecule has 0 atom stereocenters. The van der Waals surface area contributed by atoms with Gasteiger partial charge in [0.1, 0.15) is 5.82 Å². The van der Waals surface area contributed by atoms with Crippen LogP contribution in [0.2, 0.25) is 0 Å². The molecule has 244 valence electrons. The molecule has 0 radical (unpaired) electrons. The Bertz CT molecular complexity index is 1620. The minimum absolute atomic E-state index is 0.0996. The highest BCUT2D eigenvalue weighted by Gasteiger charge is 2.25. The van der Waals surface area contributed by atoms with Gasteiger partial charge < -0.3 is 29.6 Å². The molecule has 2 fully saturated rings. The number of ether oxygens (including phenoxy) is 2. The van der Waals surface area contributed by atoms with Crippen LogP contribution in [0.4, 0.5) is 11.5 Å². The lowest BCUT2D eigenvalue weighted by atomic mass is 9.88. The van der Waals surface area contributed by atoms with Crippen molar-refractivity contribution in [2.75, 3.05) is 55.9 Å². The minimum Gasteiger partial charge on any atom is -0.381 e. The van der Waals surface area contributed by atoms with Crippen LogP contribution in [0.3, 0.4) is 0 Å². The molecule has 1 aliphatic carbocycles. The van der Waals surface area contributed by atoms with Crippen molar-refractivity contribution >= 4 is 29.6 Å². The van der Waals surface area contributed by atoms with Gasteiger partial charge in [-0.15, -0.1) is 0 Å². The molecule has 4 heterocycles. The van der Waals surface area contributed by atoms with Gasteiger partial charge in [0.15, 0.2) is 0 Å². The maximum Gasteiger partial charge on any atom is 0.253 e. The summed E-state index contributed by atoms with van der Waals surface area (Å²) in [5.74, 6) is 0.791. The summed E-state index contributed by atoms with van der Waals surface area (Å²) in [7, 11) is 0. The van der Waals surface area contributed by atoms with Crippen LogP contribution in [-0.2, 0) is 28.9 Å². The number of rotatable bonds is 9. The van der Waals surface area contributed by atoms with E-state index in [1.165, 1.54) is 5.56 Å². The first-order valence-corrected chi connectivity index (χ1v) is 16.9. The lowest BCUT2D eigenvalue weighted by molar-refractivity contribution is 0.0845. The van der Waals surface area contributed by atoms with E-state index in [1.54, 1.807) is 0 Å². The van der Waals surface area contributed by atoms with Crippen LogP contribution in [-0.4, -0.2) is 68.0 Å². The maximum atomic E-state index is 13.9. The Morgan fingerprint density at radius 1 is 1.02 bits per heavy atom. The summed E-state index contributed by atoms with van der Waals surface area (Å²) in [5.41, 5.74) is 8.46. The molecule has 9 heteroatoms. The monoisotopic (exact) mass is 625 g/mol. The third kappa shape index (κ3) is 7.05. The number of fused-ring (bicyclic) bond motifs is 1. The van der Waals surface area contributed by atoms with Gasteiger partial charge in [-0.3, -0.25) is 9.59 Å². The van der Waals surface area contributed by atoms with Crippen molar-refractivity contribution < 1.29 is 14.3 Å². The van der Waals surface area contributed by atoms with Crippen molar-refractivity contribution in [2.45, 2.75) is 71.9 Å². The van der Waals surface area contributed by atoms with Crippen LogP contribution in [0.1, 0.15) is 82.0 Å².